The Kier molecular flexibility index (Phi) is 3.24. The zero-order valence-corrected chi connectivity index (χ0v) is 12.6. The molecule has 1 aromatic heterocycles. The summed E-state index contributed by atoms with van der Waals surface area (Å²) in [5.74, 6) is 1.84. The molecule has 0 radical (unpaired) electrons. The minimum absolute atomic E-state index is 0.117. The molecule has 118 valence electrons. The summed E-state index contributed by atoms with van der Waals surface area (Å²) in [6.07, 6.45) is 8.67. The molecule has 2 N–H and O–H groups in total. The van der Waals surface area contributed by atoms with Crippen molar-refractivity contribution in [1.82, 2.24) is 10.6 Å². The number of amides is 2. The second-order valence-electron chi connectivity index (χ2n) is 7.41. The van der Waals surface area contributed by atoms with E-state index >= 15 is 0 Å². The van der Waals surface area contributed by atoms with Crippen LogP contribution in [-0.2, 0) is 16.1 Å². The minimum Gasteiger partial charge on any atom is -0.467 e. The molecule has 4 fully saturated rings. The van der Waals surface area contributed by atoms with Crippen LogP contribution >= 0.6 is 0 Å². The zero-order chi connectivity index (χ0) is 15.2. The van der Waals surface area contributed by atoms with Gasteiger partial charge in [-0.25, -0.2) is 0 Å². The molecule has 1 aromatic rings. The molecule has 0 aliphatic heterocycles. The topological polar surface area (TPSA) is 71.3 Å². The van der Waals surface area contributed by atoms with E-state index in [0.29, 0.717) is 5.76 Å². The Morgan fingerprint density at radius 1 is 1.09 bits per heavy atom. The molecule has 0 aromatic carbocycles. The molecule has 5 heteroatoms. The monoisotopic (exact) mass is 302 g/mol. The van der Waals surface area contributed by atoms with Crippen molar-refractivity contribution in [2.45, 2.75) is 50.6 Å². The molecule has 0 spiro atoms. The molecule has 4 saturated carbocycles. The Bertz CT molecular complexity index is 543. The molecule has 4 aliphatic carbocycles. The Morgan fingerprint density at radius 3 is 2.27 bits per heavy atom. The van der Waals surface area contributed by atoms with Crippen LogP contribution in [0.4, 0.5) is 0 Å². The summed E-state index contributed by atoms with van der Waals surface area (Å²) >= 11 is 0. The lowest BCUT2D eigenvalue weighted by Crippen LogP contribution is -2.61. The van der Waals surface area contributed by atoms with Gasteiger partial charge in [-0.15, -0.1) is 0 Å². The van der Waals surface area contributed by atoms with Gasteiger partial charge in [0.15, 0.2) is 0 Å². The highest BCUT2D eigenvalue weighted by Gasteiger charge is 2.51. The normalized spacial score (nSPS) is 35.4. The number of nitrogens with one attached hydrogen (secondary N) is 2. The first-order valence-corrected chi connectivity index (χ1v) is 8.25. The van der Waals surface area contributed by atoms with Gasteiger partial charge in [0.2, 0.25) is 0 Å². The average Bonchev–Trinajstić information content (AvgIpc) is 2.95. The smallest absolute Gasteiger partial charge is 0.309 e. The van der Waals surface area contributed by atoms with Gasteiger partial charge in [-0.05, 0) is 68.4 Å². The van der Waals surface area contributed by atoms with Crippen molar-refractivity contribution in [2.75, 3.05) is 0 Å². The Labute approximate surface area is 129 Å². The van der Waals surface area contributed by atoms with Gasteiger partial charge >= 0.3 is 11.8 Å². The van der Waals surface area contributed by atoms with Crippen molar-refractivity contribution in [2.24, 2.45) is 17.8 Å². The standard InChI is InChI=1S/C17H22N2O3/c20-15(18-10-14-2-1-3-22-14)16(21)19-17-7-11-4-12(8-17)6-13(5-11)9-17/h1-3,11-13H,4-10H2,(H,18,20)(H,19,21). The molecule has 0 atom stereocenters. The first kappa shape index (κ1) is 13.9. The fourth-order valence-electron chi connectivity index (χ4n) is 5.22. The quantitative estimate of drug-likeness (QED) is 0.839. The van der Waals surface area contributed by atoms with E-state index in [0.717, 1.165) is 37.0 Å². The number of rotatable bonds is 3. The third kappa shape index (κ3) is 2.53. The van der Waals surface area contributed by atoms with E-state index in [-0.39, 0.29) is 12.1 Å². The maximum atomic E-state index is 12.2. The van der Waals surface area contributed by atoms with Crippen molar-refractivity contribution in [3.63, 3.8) is 0 Å². The molecular weight excluding hydrogens is 280 g/mol. The van der Waals surface area contributed by atoms with Gasteiger partial charge in [0, 0.05) is 5.54 Å². The van der Waals surface area contributed by atoms with Crippen molar-refractivity contribution < 1.29 is 14.0 Å². The summed E-state index contributed by atoms with van der Waals surface area (Å²) in [5, 5.41) is 5.70. The minimum atomic E-state index is -0.563. The van der Waals surface area contributed by atoms with E-state index in [9.17, 15) is 9.59 Å². The van der Waals surface area contributed by atoms with Gasteiger partial charge < -0.3 is 15.1 Å². The summed E-state index contributed by atoms with van der Waals surface area (Å²) in [4.78, 5) is 24.2. The molecule has 0 saturated heterocycles. The van der Waals surface area contributed by atoms with Crippen LogP contribution in [-0.4, -0.2) is 17.4 Å². The lowest BCUT2D eigenvalue weighted by atomic mass is 9.53. The summed E-state index contributed by atoms with van der Waals surface area (Å²) in [6, 6.07) is 3.54. The SMILES string of the molecule is O=C(NCc1ccco1)C(=O)NC12CC3CC(CC(C3)C1)C2. The molecule has 1 heterocycles. The molecule has 4 bridgehead atoms. The van der Waals surface area contributed by atoms with Crippen LogP contribution in [0.25, 0.3) is 0 Å². The first-order valence-electron chi connectivity index (χ1n) is 8.25. The molecule has 5 rings (SSSR count). The van der Waals surface area contributed by atoms with Crippen LogP contribution in [0, 0.1) is 17.8 Å². The van der Waals surface area contributed by atoms with Gasteiger partial charge in [-0.2, -0.15) is 0 Å². The maximum Gasteiger partial charge on any atom is 0.309 e. The van der Waals surface area contributed by atoms with E-state index < -0.39 is 11.8 Å². The predicted molar refractivity (Wildman–Crippen MR) is 79.6 cm³/mol. The summed E-state index contributed by atoms with van der Waals surface area (Å²) in [6.45, 7) is 0.250. The third-order valence-corrected chi connectivity index (χ3v) is 5.63. The maximum absolute atomic E-state index is 12.2. The lowest BCUT2D eigenvalue weighted by molar-refractivity contribution is -0.142. The Balaban J connectivity index is 1.36. The van der Waals surface area contributed by atoms with Crippen LogP contribution in [0.5, 0.6) is 0 Å². The zero-order valence-electron chi connectivity index (χ0n) is 12.6. The largest absolute Gasteiger partial charge is 0.467 e. The van der Waals surface area contributed by atoms with Crippen LogP contribution < -0.4 is 10.6 Å². The number of carbonyl (C=O) groups excluding carboxylic acids is 2. The van der Waals surface area contributed by atoms with Crippen molar-refractivity contribution in [3.8, 4) is 0 Å². The van der Waals surface area contributed by atoms with Crippen molar-refractivity contribution in [1.29, 1.82) is 0 Å². The fourth-order valence-corrected chi connectivity index (χ4v) is 5.22. The molecule has 5 nitrogen and oxygen atoms in total. The predicted octanol–water partition coefficient (Wildman–Crippen LogP) is 1.98. The third-order valence-electron chi connectivity index (χ3n) is 5.63. The van der Waals surface area contributed by atoms with Crippen LogP contribution in [0.15, 0.2) is 22.8 Å². The van der Waals surface area contributed by atoms with E-state index in [1.165, 1.54) is 19.3 Å². The first-order chi connectivity index (χ1) is 10.6. The second-order valence-corrected chi connectivity index (χ2v) is 7.41. The van der Waals surface area contributed by atoms with Gasteiger partial charge in [0.25, 0.3) is 0 Å². The molecule has 0 unspecified atom stereocenters. The number of hydrogen-bond acceptors (Lipinski definition) is 3. The molecule has 2 amide bonds. The number of furan rings is 1. The van der Waals surface area contributed by atoms with E-state index in [2.05, 4.69) is 10.6 Å². The molecule has 22 heavy (non-hydrogen) atoms. The Morgan fingerprint density at radius 2 is 1.73 bits per heavy atom. The van der Waals surface area contributed by atoms with Gasteiger partial charge in [-0.3, -0.25) is 9.59 Å². The summed E-state index contributed by atoms with van der Waals surface area (Å²) in [5.41, 5.74) is -0.117. The Hall–Kier alpha value is -1.78. The molecule has 4 aliphatic rings. The van der Waals surface area contributed by atoms with Crippen molar-refractivity contribution in [3.05, 3.63) is 24.2 Å². The van der Waals surface area contributed by atoms with E-state index in [1.807, 2.05) is 0 Å². The van der Waals surface area contributed by atoms with Crippen LogP contribution in [0.3, 0.4) is 0 Å². The summed E-state index contributed by atoms with van der Waals surface area (Å²) in [7, 11) is 0. The van der Waals surface area contributed by atoms with Gasteiger partial charge in [-0.1, -0.05) is 0 Å². The number of hydrogen-bond donors (Lipinski definition) is 2. The highest BCUT2D eigenvalue weighted by molar-refractivity contribution is 6.35. The van der Waals surface area contributed by atoms with Crippen molar-refractivity contribution >= 4 is 11.8 Å². The summed E-state index contributed by atoms with van der Waals surface area (Å²) < 4.78 is 5.15. The molecular formula is C17H22N2O3. The van der Waals surface area contributed by atoms with Crippen LogP contribution in [0.2, 0.25) is 0 Å². The fraction of sp³-hybridized carbons (Fsp3) is 0.647. The second kappa shape index (κ2) is 5.14. The highest BCUT2D eigenvalue weighted by atomic mass is 16.3. The van der Waals surface area contributed by atoms with Crippen LogP contribution in [0.1, 0.15) is 44.3 Å². The average molecular weight is 302 g/mol. The number of carbonyl (C=O) groups is 2. The van der Waals surface area contributed by atoms with Gasteiger partial charge in [0.05, 0.1) is 12.8 Å². The highest BCUT2D eigenvalue weighted by Crippen LogP contribution is 2.55. The van der Waals surface area contributed by atoms with E-state index in [4.69, 9.17) is 4.42 Å². The lowest BCUT2D eigenvalue weighted by Gasteiger charge is -2.56. The van der Waals surface area contributed by atoms with E-state index in [1.54, 1.807) is 18.4 Å². The van der Waals surface area contributed by atoms with Gasteiger partial charge in [0.1, 0.15) is 5.76 Å².